The predicted molar refractivity (Wildman–Crippen MR) is 100 cm³/mol. The lowest BCUT2D eigenvalue weighted by molar-refractivity contribution is 0.110. The molecule has 0 aliphatic carbocycles. The van der Waals surface area contributed by atoms with Crippen LogP contribution in [0, 0.1) is 6.92 Å². The summed E-state index contributed by atoms with van der Waals surface area (Å²) in [5.74, 6) is 0.932. The minimum atomic E-state index is 0.355. The number of ether oxygens (including phenoxy) is 2. The molecule has 0 unspecified atom stereocenters. The second-order valence-electron chi connectivity index (χ2n) is 6.23. The Balaban J connectivity index is 1.60. The summed E-state index contributed by atoms with van der Waals surface area (Å²) < 4.78 is 12.8. The van der Waals surface area contributed by atoms with Gasteiger partial charge in [0.15, 0.2) is 0 Å². The smallest absolute Gasteiger partial charge is 0.124 e. The lowest BCUT2D eigenvalue weighted by Crippen LogP contribution is -2.26. The molecule has 1 heterocycles. The van der Waals surface area contributed by atoms with Crippen molar-refractivity contribution < 1.29 is 9.47 Å². The second-order valence-corrected chi connectivity index (χ2v) is 7.15. The lowest BCUT2D eigenvalue weighted by Gasteiger charge is -2.15. The lowest BCUT2D eigenvalue weighted by atomic mass is 10.1. The average molecular weight is 390 g/mol. The Morgan fingerprint density at radius 1 is 1.21 bits per heavy atom. The van der Waals surface area contributed by atoms with E-state index < -0.39 is 0 Å². The number of hydrogen-bond donors (Lipinski definition) is 1. The Morgan fingerprint density at radius 3 is 2.88 bits per heavy atom. The van der Waals surface area contributed by atoms with Gasteiger partial charge >= 0.3 is 0 Å². The highest BCUT2D eigenvalue weighted by atomic mass is 79.9. The van der Waals surface area contributed by atoms with Crippen LogP contribution < -0.4 is 10.1 Å². The van der Waals surface area contributed by atoms with Gasteiger partial charge in [0.2, 0.25) is 0 Å². The summed E-state index contributed by atoms with van der Waals surface area (Å²) in [6.45, 7) is 5.28. The van der Waals surface area contributed by atoms with Crippen LogP contribution in [0.3, 0.4) is 0 Å². The van der Waals surface area contributed by atoms with E-state index in [2.05, 4.69) is 58.5 Å². The van der Waals surface area contributed by atoms with Gasteiger partial charge in [-0.25, -0.2) is 0 Å². The molecule has 128 valence electrons. The number of aryl methyl sites for hydroxylation is 1. The summed E-state index contributed by atoms with van der Waals surface area (Å²) in [4.78, 5) is 0. The third-order valence-electron chi connectivity index (χ3n) is 4.38. The van der Waals surface area contributed by atoms with Gasteiger partial charge in [0.05, 0.1) is 6.10 Å². The first-order valence-electron chi connectivity index (χ1n) is 8.50. The standard InChI is InChI=1S/C20H24BrNO2/c1-15-5-2-3-6-16(15)14-24-20-9-8-18(21)11-17(20)12-22-13-19-7-4-10-23-19/h2-3,5-6,8-9,11,19,22H,4,7,10,12-14H2,1H3/t19-/m0/s1. The highest BCUT2D eigenvalue weighted by Crippen LogP contribution is 2.24. The van der Waals surface area contributed by atoms with Gasteiger partial charge in [0.1, 0.15) is 12.4 Å². The van der Waals surface area contributed by atoms with Crippen molar-refractivity contribution in [2.24, 2.45) is 0 Å². The molecule has 1 N–H and O–H groups in total. The van der Waals surface area contributed by atoms with Crippen LogP contribution in [0.1, 0.15) is 29.5 Å². The van der Waals surface area contributed by atoms with Crippen LogP contribution in [0.2, 0.25) is 0 Å². The summed E-state index contributed by atoms with van der Waals surface area (Å²) >= 11 is 3.55. The maximum Gasteiger partial charge on any atom is 0.124 e. The van der Waals surface area contributed by atoms with Crippen molar-refractivity contribution in [1.82, 2.24) is 5.32 Å². The number of nitrogens with one attached hydrogen (secondary N) is 1. The highest BCUT2D eigenvalue weighted by molar-refractivity contribution is 9.10. The Labute approximate surface area is 152 Å². The molecule has 0 aromatic heterocycles. The summed E-state index contributed by atoms with van der Waals surface area (Å²) in [6.07, 6.45) is 2.68. The molecule has 0 bridgehead atoms. The van der Waals surface area contributed by atoms with E-state index in [1.807, 2.05) is 12.1 Å². The van der Waals surface area contributed by atoms with Gasteiger partial charge in [-0.1, -0.05) is 40.2 Å². The molecule has 1 aliphatic heterocycles. The SMILES string of the molecule is Cc1ccccc1COc1ccc(Br)cc1CNC[C@@H]1CCCO1. The van der Waals surface area contributed by atoms with E-state index in [4.69, 9.17) is 9.47 Å². The van der Waals surface area contributed by atoms with E-state index in [0.717, 1.165) is 41.9 Å². The van der Waals surface area contributed by atoms with Crippen molar-refractivity contribution in [3.63, 3.8) is 0 Å². The molecule has 0 amide bonds. The Morgan fingerprint density at radius 2 is 2.08 bits per heavy atom. The third-order valence-corrected chi connectivity index (χ3v) is 4.87. The molecule has 1 saturated heterocycles. The Hall–Kier alpha value is -1.36. The van der Waals surface area contributed by atoms with E-state index in [-0.39, 0.29) is 0 Å². The van der Waals surface area contributed by atoms with E-state index in [0.29, 0.717) is 12.7 Å². The minimum absolute atomic E-state index is 0.355. The molecule has 1 aliphatic rings. The predicted octanol–water partition coefficient (Wildman–Crippen LogP) is 4.61. The molecular formula is C20H24BrNO2. The number of hydrogen-bond acceptors (Lipinski definition) is 3. The van der Waals surface area contributed by atoms with Crippen LogP contribution in [0.15, 0.2) is 46.9 Å². The molecule has 1 fully saturated rings. The first-order chi connectivity index (χ1) is 11.7. The summed E-state index contributed by atoms with van der Waals surface area (Å²) in [5, 5.41) is 3.49. The quantitative estimate of drug-likeness (QED) is 0.749. The molecule has 2 aromatic rings. The van der Waals surface area contributed by atoms with Gasteiger partial charge in [-0.3, -0.25) is 0 Å². The molecule has 1 atom stereocenters. The summed E-state index contributed by atoms with van der Waals surface area (Å²) in [5.41, 5.74) is 3.64. The minimum Gasteiger partial charge on any atom is -0.489 e. The molecule has 0 radical (unpaired) electrons. The van der Waals surface area contributed by atoms with Gasteiger partial charge in [-0.05, 0) is 49.1 Å². The van der Waals surface area contributed by atoms with E-state index in [1.165, 1.54) is 17.5 Å². The first-order valence-corrected chi connectivity index (χ1v) is 9.30. The fraction of sp³-hybridized carbons (Fsp3) is 0.400. The number of rotatable bonds is 7. The fourth-order valence-electron chi connectivity index (χ4n) is 2.93. The second kappa shape index (κ2) is 8.65. The Kier molecular flexibility index (Phi) is 6.30. The zero-order valence-corrected chi connectivity index (χ0v) is 15.6. The maximum atomic E-state index is 6.09. The average Bonchev–Trinajstić information content (AvgIpc) is 3.09. The van der Waals surface area contributed by atoms with Gasteiger partial charge in [-0.15, -0.1) is 0 Å². The zero-order valence-electron chi connectivity index (χ0n) is 14.1. The first kappa shape index (κ1) is 17.5. The van der Waals surface area contributed by atoms with Crippen molar-refractivity contribution in [3.05, 3.63) is 63.6 Å². The van der Waals surface area contributed by atoms with Crippen LogP contribution in [0.4, 0.5) is 0 Å². The summed E-state index contributed by atoms with van der Waals surface area (Å²) in [6, 6.07) is 14.5. The normalized spacial score (nSPS) is 17.2. The third kappa shape index (κ3) is 4.82. The van der Waals surface area contributed by atoms with Crippen molar-refractivity contribution in [1.29, 1.82) is 0 Å². The Bertz CT molecular complexity index is 668. The van der Waals surface area contributed by atoms with Crippen molar-refractivity contribution >= 4 is 15.9 Å². The van der Waals surface area contributed by atoms with E-state index >= 15 is 0 Å². The van der Waals surface area contributed by atoms with Crippen molar-refractivity contribution in [3.8, 4) is 5.75 Å². The summed E-state index contributed by atoms with van der Waals surface area (Å²) in [7, 11) is 0. The highest BCUT2D eigenvalue weighted by Gasteiger charge is 2.15. The van der Waals surface area contributed by atoms with Crippen molar-refractivity contribution in [2.45, 2.75) is 39.0 Å². The zero-order chi connectivity index (χ0) is 16.8. The van der Waals surface area contributed by atoms with Crippen LogP contribution >= 0.6 is 15.9 Å². The molecule has 0 saturated carbocycles. The van der Waals surface area contributed by atoms with Crippen LogP contribution in [0.5, 0.6) is 5.75 Å². The van der Waals surface area contributed by atoms with E-state index in [1.54, 1.807) is 0 Å². The number of benzene rings is 2. The molecule has 3 nitrogen and oxygen atoms in total. The van der Waals surface area contributed by atoms with Crippen LogP contribution in [0.25, 0.3) is 0 Å². The number of halogens is 1. The van der Waals surface area contributed by atoms with Gasteiger partial charge in [0, 0.05) is 29.7 Å². The molecule has 0 spiro atoms. The molecule has 24 heavy (non-hydrogen) atoms. The fourth-order valence-corrected chi connectivity index (χ4v) is 3.34. The van der Waals surface area contributed by atoms with Crippen LogP contribution in [-0.4, -0.2) is 19.3 Å². The maximum absolute atomic E-state index is 6.09. The largest absolute Gasteiger partial charge is 0.489 e. The topological polar surface area (TPSA) is 30.5 Å². The molecular weight excluding hydrogens is 366 g/mol. The molecule has 4 heteroatoms. The molecule has 3 rings (SSSR count). The molecule has 2 aromatic carbocycles. The van der Waals surface area contributed by atoms with Gasteiger partial charge in [-0.2, -0.15) is 0 Å². The van der Waals surface area contributed by atoms with E-state index in [9.17, 15) is 0 Å². The monoisotopic (exact) mass is 389 g/mol. The van der Waals surface area contributed by atoms with Gasteiger partial charge < -0.3 is 14.8 Å². The van der Waals surface area contributed by atoms with Crippen LogP contribution in [-0.2, 0) is 17.9 Å². The van der Waals surface area contributed by atoms with Crippen molar-refractivity contribution in [2.75, 3.05) is 13.2 Å². The van der Waals surface area contributed by atoms with Gasteiger partial charge in [0.25, 0.3) is 0 Å².